The predicted molar refractivity (Wildman–Crippen MR) is 91.3 cm³/mol. The van der Waals surface area contributed by atoms with Crippen molar-refractivity contribution in [2.24, 2.45) is 0 Å². The van der Waals surface area contributed by atoms with Crippen molar-refractivity contribution in [1.82, 2.24) is 0 Å². The largest absolute Gasteiger partial charge is 0.469 e. The number of carbonyl (C=O) groups is 1. The number of methoxy groups -OCH3 is 1. The molecule has 21 heavy (non-hydrogen) atoms. The van der Waals surface area contributed by atoms with Crippen LogP contribution in [0.4, 0.5) is 0 Å². The quantitative estimate of drug-likeness (QED) is 0.245. The van der Waals surface area contributed by atoms with Crippen LogP contribution in [0.2, 0.25) is 0 Å². The van der Waals surface area contributed by atoms with E-state index in [1.54, 1.807) is 0 Å². The van der Waals surface area contributed by atoms with Crippen molar-refractivity contribution in [1.29, 1.82) is 0 Å². The van der Waals surface area contributed by atoms with Crippen molar-refractivity contribution in [3.63, 3.8) is 0 Å². The van der Waals surface area contributed by atoms with Crippen molar-refractivity contribution >= 4 is 5.97 Å². The molecule has 0 bridgehead atoms. The Bertz CT molecular complexity index is 314. The van der Waals surface area contributed by atoms with Crippen molar-refractivity contribution < 1.29 is 9.53 Å². The average molecular weight is 292 g/mol. The second-order valence-corrected chi connectivity index (χ2v) is 5.27. The summed E-state index contributed by atoms with van der Waals surface area (Å²) in [6.45, 7) is 2.21. The molecule has 0 rings (SSSR count). The minimum absolute atomic E-state index is 0.0894. The molecule has 0 unspecified atom stereocenters. The molecule has 2 heteroatoms. The molecule has 0 saturated carbocycles. The highest BCUT2D eigenvalue weighted by Gasteiger charge is 1.98. The Morgan fingerprint density at radius 2 is 1.38 bits per heavy atom. The van der Waals surface area contributed by atoms with Crippen LogP contribution in [0.15, 0.2) is 36.5 Å². The van der Waals surface area contributed by atoms with E-state index in [0.717, 1.165) is 19.3 Å². The third kappa shape index (κ3) is 16.6. The molecule has 0 aromatic rings. The Hall–Kier alpha value is -1.31. The van der Waals surface area contributed by atoms with E-state index in [2.05, 4.69) is 48.1 Å². The minimum atomic E-state index is -0.0894. The zero-order valence-electron chi connectivity index (χ0n) is 13.9. The van der Waals surface area contributed by atoms with Crippen LogP contribution in [-0.4, -0.2) is 13.1 Å². The first-order chi connectivity index (χ1) is 10.3. The van der Waals surface area contributed by atoms with Crippen molar-refractivity contribution in [3.8, 4) is 0 Å². The van der Waals surface area contributed by atoms with Crippen LogP contribution in [0.1, 0.15) is 71.1 Å². The second kappa shape index (κ2) is 16.7. The van der Waals surface area contributed by atoms with Gasteiger partial charge in [0.15, 0.2) is 0 Å². The SMILES string of the molecule is CCCC/C=C/C=CC=CCCCCCCCC(=O)OC. The molecule has 120 valence electrons. The standard InChI is InChI=1S/C19H32O2/c1-3-4-5-6-7-8-9-10-11-12-13-14-15-16-17-18-19(20)21-2/h6-11H,3-5,12-18H2,1-2H3/b7-6+,9-8?,11-10?. The van der Waals surface area contributed by atoms with Crippen LogP contribution in [0.5, 0.6) is 0 Å². The van der Waals surface area contributed by atoms with Crippen LogP contribution >= 0.6 is 0 Å². The third-order valence-corrected chi connectivity index (χ3v) is 3.31. The Labute approximate surface area is 131 Å². The lowest BCUT2D eigenvalue weighted by atomic mass is 10.1. The topological polar surface area (TPSA) is 26.3 Å². The summed E-state index contributed by atoms with van der Waals surface area (Å²) in [7, 11) is 1.45. The van der Waals surface area contributed by atoms with Crippen molar-refractivity contribution in [2.75, 3.05) is 7.11 Å². The molecule has 2 nitrogen and oxygen atoms in total. The summed E-state index contributed by atoms with van der Waals surface area (Å²) in [6, 6.07) is 0. The molecule has 0 fully saturated rings. The van der Waals surface area contributed by atoms with E-state index < -0.39 is 0 Å². The van der Waals surface area contributed by atoms with Gasteiger partial charge in [-0.15, -0.1) is 0 Å². The molecule has 0 aromatic carbocycles. The van der Waals surface area contributed by atoms with Gasteiger partial charge >= 0.3 is 5.97 Å². The zero-order chi connectivity index (χ0) is 15.6. The molecule has 0 saturated heterocycles. The summed E-state index contributed by atoms with van der Waals surface area (Å²) >= 11 is 0. The fraction of sp³-hybridized carbons (Fsp3) is 0.632. The number of esters is 1. The molecule has 0 aliphatic heterocycles. The number of hydrogen-bond donors (Lipinski definition) is 0. The summed E-state index contributed by atoms with van der Waals surface area (Å²) in [5.74, 6) is -0.0894. The molecular formula is C19H32O2. The minimum Gasteiger partial charge on any atom is -0.469 e. The maximum absolute atomic E-state index is 10.9. The van der Waals surface area contributed by atoms with Crippen molar-refractivity contribution in [2.45, 2.75) is 71.1 Å². The summed E-state index contributed by atoms with van der Waals surface area (Å²) in [5.41, 5.74) is 0. The molecule has 0 N–H and O–H groups in total. The maximum Gasteiger partial charge on any atom is 0.305 e. The Balaban J connectivity index is 3.30. The smallest absolute Gasteiger partial charge is 0.305 e. The van der Waals surface area contributed by atoms with Crippen LogP contribution in [0.25, 0.3) is 0 Å². The van der Waals surface area contributed by atoms with E-state index in [4.69, 9.17) is 0 Å². The first kappa shape index (κ1) is 19.7. The number of allylic oxidation sites excluding steroid dienone is 6. The molecular weight excluding hydrogens is 260 g/mol. The van der Waals surface area contributed by atoms with Gasteiger partial charge in [0.1, 0.15) is 0 Å². The van der Waals surface area contributed by atoms with Gasteiger partial charge in [-0.3, -0.25) is 4.79 Å². The highest BCUT2D eigenvalue weighted by atomic mass is 16.5. The number of unbranched alkanes of at least 4 members (excludes halogenated alkanes) is 7. The molecule has 0 aliphatic carbocycles. The highest BCUT2D eigenvalue weighted by Crippen LogP contribution is 2.08. The summed E-state index contributed by atoms with van der Waals surface area (Å²) in [6.07, 6.45) is 24.1. The molecule has 0 amide bonds. The molecule has 0 atom stereocenters. The Kier molecular flexibility index (Phi) is 15.7. The normalized spacial score (nSPS) is 11.9. The van der Waals surface area contributed by atoms with E-state index in [1.807, 2.05) is 0 Å². The number of ether oxygens (including phenoxy) is 1. The maximum atomic E-state index is 10.9. The Morgan fingerprint density at radius 1 is 0.810 bits per heavy atom. The fourth-order valence-corrected chi connectivity index (χ4v) is 1.96. The predicted octanol–water partition coefficient (Wildman–Crippen LogP) is 5.75. The molecule has 0 aromatic heterocycles. The molecule has 0 aliphatic rings. The molecule has 0 heterocycles. The van der Waals surface area contributed by atoms with Crippen molar-refractivity contribution in [3.05, 3.63) is 36.5 Å². The average Bonchev–Trinajstić information content (AvgIpc) is 2.50. The van der Waals surface area contributed by atoms with Gasteiger partial charge in [0.2, 0.25) is 0 Å². The Morgan fingerprint density at radius 3 is 2.00 bits per heavy atom. The lowest BCUT2D eigenvalue weighted by molar-refractivity contribution is -0.140. The van der Waals surface area contributed by atoms with Crippen LogP contribution < -0.4 is 0 Å². The van der Waals surface area contributed by atoms with Gasteiger partial charge in [0, 0.05) is 6.42 Å². The van der Waals surface area contributed by atoms with Gasteiger partial charge < -0.3 is 4.74 Å². The lowest BCUT2D eigenvalue weighted by Gasteiger charge is -1.99. The fourth-order valence-electron chi connectivity index (χ4n) is 1.96. The molecule has 0 spiro atoms. The van der Waals surface area contributed by atoms with Crippen LogP contribution in [0.3, 0.4) is 0 Å². The van der Waals surface area contributed by atoms with Gasteiger partial charge in [0.25, 0.3) is 0 Å². The summed E-state index contributed by atoms with van der Waals surface area (Å²) in [4.78, 5) is 10.9. The van der Waals surface area contributed by atoms with Crippen LogP contribution in [-0.2, 0) is 9.53 Å². The van der Waals surface area contributed by atoms with E-state index in [1.165, 1.54) is 45.6 Å². The third-order valence-electron chi connectivity index (χ3n) is 3.31. The van der Waals surface area contributed by atoms with Gasteiger partial charge in [-0.25, -0.2) is 0 Å². The van der Waals surface area contributed by atoms with E-state index in [-0.39, 0.29) is 5.97 Å². The van der Waals surface area contributed by atoms with E-state index in [9.17, 15) is 4.79 Å². The van der Waals surface area contributed by atoms with Gasteiger partial charge in [-0.1, -0.05) is 75.5 Å². The van der Waals surface area contributed by atoms with Gasteiger partial charge in [-0.2, -0.15) is 0 Å². The summed E-state index contributed by atoms with van der Waals surface area (Å²) in [5, 5.41) is 0. The van der Waals surface area contributed by atoms with E-state index >= 15 is 0 Å². The first-order valence-corrected chi connectivity index (χ1v) is 8.36. The highest BCUT2D eigenvalue weighted by molar-refractivity contribution is 5.68. The number of hydrogen-bond acceptors (Lipinski definition) is 2. The van der Waals surface area contributed by atoms with Gasteiger partial charge in [0.05, 0.1) is 7.11 Å². The van der Waals surface area contributed by atoms with E-state index in [0.29, 0.717) is 6.42 Å². The lowest BCUT2D eigenvalue weighted by Crippen LogP contribution is -1.98. The van der Waals surface area contributed by atoms with Gasteiger partial charge in [-0.05, 0) is 25.7 Å². The number of rotatable bonds is 13. The first-order valence-electron chi connectivity index (χ1n) is 8.36. The number of carbonyl (C=O) groups excluding carboxylic acids is 1. The second-order valence-electron chi connectivity index (χ2n) is 5.27. The monoisotopic (exact) mass is 292 g/mol. The zero-order valence-corrected chi connectivity index (χ0v) is 13.9. The summed E-state index contributed by atoms with van der Waals surface area (Å²) < 4.78 is 4.61. The molecule has 0 radical (unpaired) electrons. The van der Waals surface area contributed by atoms with Crippen LogP contribution in [0, 0.1) is 0 Å².